The molecule has 0 N–H and O–H groups in total. The van der Waals surface area contributed by atoms with Crippen molar-refractivity contribution in [1.82, 2.24) is 0 Å². The zero-order valence-electron chi connectivity index (χ0n) is 30.4. The zero-order chi connectivity index (χ0) is 35.9. The van der Waals surface area contributed by atoms with Gasteiger partial charge in [-0.05, 0) is 33.1 Å². The fourth-order valence-corrected chi connectivity index (χ4v) is 22.1. The number of benzene rings is 6. The van der Waals surface area contributed by atoms with Gasteiger partial charge in [0.2, 0.25) is 0 Å². The minimum Gasteiger partial charge on any atom is -0.312 e. The van der Waals surface area contributed by atoms with Crippen LogP contribution in [-0.2, 0) is 25.4 Å². The van der Waals surface area contributed by atoms with Gasteiger partial charge < -0.3 is 9.13 Å². The Bertz CT molecular complexity index is 2150. The third-order valence-electron chi connectivity index (χ3n) is 13.3. The second-order valence-corrected chi connectivity index (χ2v) is 22.1. The quantitative estimate of drug-likeness (QED) is 0.162. The maximum atomic E-state index is 18.3. The fourth-order valence-electron chi connectivity index (χ4n) is 10.9. The Hall–Kier alpha value is -4.22. The predicted octanol–water partition coefficient (Wildman–Crippen LogP) is 10.3. The number of hydrogen-bond donors (Lipinski definition) is 0. The van der Waals surface area contributed by atoms with Crippen LogP contribution in [0.1, 0.15) is 63.8 Å². The molecule has 0 heterocycles. The summed E-state index contributed by atoms with van der Waals surface area (Å²) in [6.07, 6.45) is 0. The van der Waals surface area contributed by atoms with Crippen molar-refractivity contribution in [3.63, 3.8) is 0 Å². The molecule has 0 radical (unpaired) electrons. The van der Waals surface area contributed by atoms with Gasteiger partial charge in [0.1, 0.15) is 4.90 Å². The molecule has 8 rings (SSSR count). The van der Waals surface area contributed by atoms with E-state index >= 15 is 9.13 Å². The summed E-state index contributed by atoms with van der Waals surface area (Å²) >= 11 is 0. The molecule has 2 aliphatic carbocycles. The molecule has 6 aromatic rings. The van der Waals surface area contributed by atoms with Gasteiger partial charge in [0.15, 0.2) is 14.3 Å². The molecule has 2 nitrogen and oxygen atoms in total. The van der Waals surface area contributed by atoms with Crippen molar-refractivity contribution in [2.24, 2.45) is 5.41 Å². The predicted molar refractivity (Wildman–Crippen MR) is 216 cm³/mol. The molecule has 1 unspecified atom stereocenters. The Morgan fingerprint density at radius 3 is 0.902 bits per heavy atom. The lowest BCUT2D eigenvalue weighted by atomic mass is 9.54. The Labute approximate surface area is 303 Å². The molecule has 0 aromatic heterocycles. The van der Waals surface area contributed by atoms with E-state index in [4.69, 9.17) is 0 Å². The lowest BCUT2D eigenvalue weighted by molar-refractivity contribution is 0.106. The molecular formula is C47H46O2P2. The Kier molecular flexibility index (Phi) is 7.57. The molecule has 0 fully saturated rings. The standard InChI is InChI=1S/C47H46O2P2/c1-43(2)39-31-19-21-33-41(39)46(45(43,5)6)42-34-22-20-32-40(42)44(3,4)47(46,50(48,35-23-11-7-12-24-35)36-25-13-8-14-26-36)51(49,37-27-15-9-16-28-37)38-29-17-10-18-30-38/h7-34H,1-6H3. The molecule has 6 aromatic carbocycles. The molecule has 0 saturated heterocycles. The first-order chi connectivity index (χ1) is 24.4. The molecule has 1 spiro atoms. The third kappa shape index (κ3) is 3.81. The van der Waals surface area contributed by atoms with Crippen LogP contribution >= 0.6 is 14.3 Å². The van der Waals surface area contributed by atoms with Crippen molar-refractivity contribution in [2.45, 2.75) is 62.7 Å². The zero-order valence-corrected chi connectivity index (χ0v) is 32.2. The number of fused-ring (bicyclic) bond motifs is 4. The van der Waals surface area contributed by atoms with Gasteiger partial charge in [-0.15, -0.1) is 0 Å². The van der Waals surface area contributed by atoms with E-state index in [2.05, 4.69) is 90.1 Å². The highest BCUT2D eigenvalue weighted by Gasteiger charge is 2.87. The van der Waals surface area contributed by atoms with E-state index in [9.17, 15) is 0 Å². The normalized spacial score (nSPS) is 20.8. The summed E-state index contributed by atoms with van der Waals surface area (Å²) in [7, 11) is -8.06. The van der Waals surface area contributed by atoms with Gasteiger partial charge in [-0.1, -0.05) is 211 Å². The largest absolute Gasteiger partial charge is 0.312 e. The lowest BCUT2D eigenvalue weighted by Gasteiger charge is -2.63. The highest BCUT2D eigenvalue weighted by molar-refractivity contribution is 7.96. The van der Waals surface area contributed by atoms with Crippen molar-refractivity contribution in [3.05, 3.63) is 192 Å². The first-order valence-electron chi connectivity index (χ1n) is 18.0. The van der Waals surface area contributed by atoms with Gasteiger partial charge in [0.25, 0.3) is 0 Å². The van der Waals surface area contributed by atoms with Crippen molar-refractivity contribution < 1.29 is 9.13 Å². The molecule has 1 atom stereocenters. The number of rotatable bonds is 6. The van der Waals surface area contributed by atoms with Crippen LogP contribution in [0.4, 0.5) is 0 Å². The molecular weight excluding hydrogens is 658 g/mol. The summed E-state index contributed by atoms with van der Waals surface area (Å²) in [5.41, 5.74) is 1.64. The van der Waals surface area contributed by atoms with Crippen LogP contribution in [0.3, 0.4) is 0 Å². The van der Waals surface area contributed by atoms with E-state index in [1.54, 1.807) is 0 Å². The molecule has 2 aliphatic rings. The van der Waals surface area contributed by atoms with E-state index < -0.39 is 40.8 Å². The van der Waals surface area contributed by atoms with Crippen molar-refractivity contribution in [1.29, 1.82) is 0 Å². The average molecular weight is 705 g/mol. The van der Waals surface area contributed by atoms with Crippen molar-refractivity contribution in [3.8, 4) is 0 Å². The summed E-state index contributed by atoms with van der Waals surface area (Å²) < 4.78 is 36.6. The van der Waals surface area contributed by atoms with Gasteiger partial charge in [0, 0.05) is 32.0 Å². The Balaban J connectivity index is 1.78. The summed E-state index contributed by atoms with van der Waals surface area (Å²) in [6.45, 7) is 13.9. The van der Waals surface area contributed by atoms with Crippen LogP contribution in [0.2, 0.25) is 0 Å². The highest BCUT2D eigenvalue weighted by atomic mass is 31.2. The van der Waals surface area contributed by atoms with Crippen molar-refractivity contribution in [2.75, 3.05) is 0 Å². The van der Waals surface area contributed by atoms with Crippen LogP contribution in [0.5, 0.6) is 0 Å². The van der Waals surface area contributed by atoms with E-state index in [0.29, 0.717) is 0 Å². The maximum Gasteiger partial charge on any atom is 0.158 e. The summed E-state index contributed by atoms with van der Waals surface area (Å²) in [6, 6.07) is 57.6. The second-order valence-electron chi connectivity index (χ2n) is 15.9. The van der Waals surface area contributed by atoms with Gasteiger partial charge >= 0.3 is 0 Å². The minimum absolute atomic E-state index is 0.404. The van der Waals surface area contributed by atoms with Gasteiger partial charge in [-0.25, -0.2) is 0 Å². The lowest BCUT2D eigenvalue weighted by Crippen LogP contribution is -2.67. The molecule has 51 heavy (non-hydrogen) atoms. The van der Waals surface area contributed by atoms with Crippen LogP contribution in [0.15, 0.2) is 170 Å². The van der Waals surface area contributed by atoms with E-state index in [0.717, 1.165) is 37.9 Å². The van der Waals surface area contributed by atoms with Crippen LogP contribution < -0.4 is 21.2 Å². The second kappa shape index (κ2) is 11.4. The van der Waals surface area contributed by atoms with Gasteiger partial charge in [-0.2, -0.15) is 0 Å². The molecule has 0 aliphatic heterocycles. The van der Waals surface area contributed by atoms with E-state index in [1.807, 2.05) is 121 Å². The Morgan fingerprint density at radius 2 is 0.588 bits per heavy atom. The summed E-state index contributed by atoms with van der Waals surface area (Å²) in [5.74, 6) is 0. The smallest absolute Gasteiger partial charge is 0.158 e. The topological polar surface area (TPSA) is 34.1 Å². The molecule has 256 valence electrons. The number of hydrogen-bond acceptors (Lipinski definition) is 2. The van der Waals surface area contributed by atoms with Gasteiger partial charge in [-0.3, -0.25) is 0 Å². The monoisotopic (exact) mass is 704 g/mol. The fraction of sp³-hybridized carbons (Fsp3) is 0.234. The first-order valence-corrected chi connectivity index (χ1v) is 21.4. The van der Waals surface area contributed by atoms with Crippen molar-refractivity contribution >= 4 is 35.5 Å². The first kappa shape index (κ1) is 33.9. The molecule has 4 heteroatoms. The third-order valence-corrected chi connectivity index (χ3v) is 22.7. The van der Waals surface area contributed by atoms with Crippen LogP contribution in [0, 0.1) is 5.41 Å². The molecule has 0 bridgehead atoms. The molecule has 0 amide bonds. The van der Waals surface area contributed by atoms with Gasteiger partial charge in [0.05, 0.1) is 0 Å². The summed E-state index contributed by atoms with van der Waals surface area (Å²) in [4.78, 5) is -1.46. The SMILES string of the molecule is CC1(C)c2ccccc2C2(c3ccccc3C(C)(C)C2(P(=O)(c2ccccc2)c2ccccc2)P(=O)(c2ccccc2)c2ccccc2)C1(C)C. The van der Waals surface area contributed by atoms with E-state index in [1.165, 1.54) is 5.56 Å². The summed E-state index contributed by atoms with van der Waals surface area (Å²) in [5, 5.41) is 2.89. The maximum absolute atomic E-state index is 18.3. The van der Waals surface area contributed by atoms with E-state index in [-0.39, 0.29) is 0 Å². The van der Waals surface area contributed by atoms with Crippen LogP contribution in [-0.4, -0.2) is 4.90 Å². The minimum atomic E-state index is -4.03. The Morgan fingerprint density at radius 1 is 0.333 bits per heavy atom. The highest BCUT2D eigenvalue weighted by Crippen LogP contribution is 2.92. The van der Waals surface area contributed by atoms with Crippen LogP contribution in [0.25, 0.3) is 0 Å². The molecule has 0 saturated carbocycles. The average Bonchev–Trinajstić information content (AvgIpc) is 3.45.